The maximum Gasteiger partial charge on any atom is 0.417 e. The molecule has 4 atom stereocenters. The third-order valence-electron chi connectivity index (χ3n) is 6.04. The summed E-state index contributed by atoms with van der Waals surface area (Å²) in [5.74, 6) is -4.58. The van der Waals surface area contributed by atoms with E-state index >= 15 is 0 Å². The van der Waals surface area contributed by atoms with E-state index in [0.29, 0.717) is 0 Å². The minimum Gasteiger partial charge on any atom is -0.481 e. The number of amides is 1. The van der Waals surface area contributed by atoms with Gasteiger partial charge in [-0.3, -0.25) is 4.79 Å². The van der Waals surface area contributed by atoms with Crippen LogP contribution in [0.1, 0.15) is 47.9 Å². The van der Waals surface area contributed by atoms with Crippen LogP contribution in [0.3, 0.4) is 0 Å². The Labute approximate surface area is 196 Å². The van der Waals surface area contributed by atoms with E-state index in [0.717, 1.165) is 39.5 Å². The monoisotopic (exact) mass is 503 g/mol. The van der Waals surface area contributed by atoms with Gasteiger partial charge in [-0.2, -0.15) is 13.2 Å². The molecule has 8 nitrogen and oxygen atoms in total. The summed E-state index contributed by atoms with van der Waals surface area (Å²) in [7, 11) is 2.29. The fourth-order valence-corrected chi connectivity index (χ4v) is 3.93. The molecule has 0 spiro atoms. The number of methoxy groups -OCH3 is 2. The zero-order chi connectivity index (χ0) is 26.1. The van der Waals surface area contributed by atoms with Crippen LogP contribution in [-0.4, -0.2) is 53.9 Å². The first-order chi connectivity index (χ1) is 16.3. The lowest BCUT2D eigenvalue weighted by Crippen LogP contribution is -2.47. The summed E-state index contributed by atoms with van der Waals surface area (Å²) in [5.41, 5.74) is -3.32. The molecule has 1 N–H and O–H groups in total. The van der Waals surface area contributed by atoms with Crippen molar-refractivity contribution < 1.29 is 45.8 Å². The number of hydrogen-bond donors (Lipinski definition) is 1. The maximum absolute atomic E-state index is 14.0. The van der Waals surface area contributed by atoms with E-state index in [1.54, 1.807) is 0 Å². The van der Waals surface area contributed by atoms with Gasteiger partial charge in [-0.1, -0.05) is 13.0 Å². The highest BCUT2D eigenvalue weighted by atomic mass is 19.4. The number of halogens is 5. The van der Waals surface area contributed by atoms with E-state index in [2.05, 4.69) is 20.0 Å². The fourth-order valence-electron chi connectivity index (χ4n) is 3.93. The number of alkyl halides is 5. The molecule has 0 aliphatic carbocycles. The highest BCUT2D eigenvalue weighted by Crippen LogP contribution is 2.54. The van der Waals surface area contributed by atoms with Gasteiger partial charge in [0, 0.05) is 17.4 Å². The number of ether oxygens (including phenoxy) is 3. The molecule has 1 amide bonds. The van der Waals surface area contributed by atoms with Gasteiger partial charge >= 0.3 is 12.1 Å². The van der Waals surface area contributed by atoms with Crippen molar-refractivity contribution in [3.05, 3.63) is 47.4 Å². The lowest BCUT2D eigenvalue weighted by Gasteiger charge is -2.31. The van der Waals surface area contributed by atoms with E-state index in [1.807, 2.05) is 0 Å². The van der Waals surface area contributed by atoms with Crippen LogP contribution in [0.5, 0.6) is 5.88 Å². The summed E-state index contributed by atoms with van der Waals surface area (Å²) in [6.07, 6.45) is -8.35. The van der Waals surface area contributed by atoms with E-state index in [9.17, 15) is 31.5 Å². The van der Waals surface area contributed by atoms with Crippen LogP contribution < -0.4 is 10.1 Å². The van der Waals surface area contributed by atoms with Crippen molar-refractivity contribution in [3.8, 4) is 5.88 Å². The van der Waals surface area contributed by atoms with E-state index in [-0.39, 0.29) is 22.8 Å². The molecule has 1 aliphatic rings. The highest BCUT2D eigenvalue weighted by Gasteiger charge is 2.65. The summed E-state index contributed by atoms with van der Waals surface area (Å²) in [6.45, 7) is 2.07. The summed E-state index contributed by atoms with van der Waals surface area (Å²) in [4.78, 5) is 32.2. The molecule has 0 saturated carbocycles. The normalized spacial score (nSPS) is 24.3. The molecule has 3 rings (SSSR count). The molecule has 1 aliphatic heterocycles. The molecular formula is C22H22F5N3O5. The maximum atomic E-state index is 14.0. The van der Waals surface area contributed by atoms with Crippen LogP contribution in [0.4, 0.5) is 27.6 Å². The Morgan fingerprint density at radius 1 is 1.17 bits per heavy atom. The largest absolute Gasteiger partial charge is 0.481 e. The summed E-state index contributed by atoms with van der Waals surface area (Å²) >= 11 is 0. The molecular weight excluding hydrogens is 481 g/mol. The van der Waals surface area contributed by atoms with Crippen molar-refractivity contribution in [2.24, 2.45) is 5.92 Å². The molecule has 0 aromatic carbocycles. The van der Waals surface area contributed by atoms with E-state index < -0.39 is 53.7 Å². The first kappa shape index (κ1) is 26.3. The van der Waals surface area contributed by atoms with Gasteiger partial charge in [0.1, 0.15) is 17.5 Å². The van der Waals surface area contributed by atoms with Crippen molar-refractivity contribution >= 4 is 17.6 Å². The Hall–Kier alpha value is -3.35. The second kappa shape index (κ2) is 9.72. The number of hydrogen-bond acceptors (Lipinski definition) is 7. The zero-order valence-electron chi connectivity index (χ0n) is 19.0. The Bertz CT molecular complexity index is 1100. The highest BCUT2D eigenvalue weighted by molar-refractivity contribution is 5.95. The van der Waals surface area contributed by atoms with Crippen molar-refractivity contribution in [2.45, 2.75) is 44.1 Å². The molecule has 0 radical (unpaired) electrons. The minimum atomic E-state index is -4.85. The zero-order valence-corrected chi connectivity index (χ0v) is 19.0. The van der Waals surface area contributed by atoms with E-state index in [1.165, 1.54) is 19.1 Å². The smallest absolute Gasteiger partial charge is 0.417 e. The predicted octanol–water partition coefficient (Wildman–Crippen LogP) is 4.29. The van der Waals surface area contributed by atoms with Crippen molar-refractivity contribution in [2.75, 3.05) is 19.5 Å². The number of nitrogens with one attached hydrogen (secondary N) is 1. The molecule has 1 saturated heterocycles. The Morgan fingerprint density at radius 2 is 1.86 bits per heavy atom. The number of pyridine rings is 2. The number of anilines is 1. The Kier molecular flexibility index (Phi) is 7.29. The first-order valence-electron chi connectivity index (χ1n) is 10.3. The van der Waals surface area contributed by atoms with Gasteiger partial charge in [0.25, 0.3) is 12.3 Å². The van der Waals surface area contributed by atoms with Crippen LogP contribution in [-0.2, 0) is 14.3 Å². The Balaban J connectivity index is 2.00. The average molecular weight is 503 g/mol. The SMILES string of the molecule is COC(=O)c1ccc(NC(=O)[C@@H]2O[C@](C)(C(F)(F)F)[C@@H](C)[C@H]2c2ccc(C(F)F)nc2OC)cn1. The van der Waals surface area contributed by atoms with Gasteiger partial charge in [0.05, 0.1) is 26.1 Å². The van der Waals surface area contributed by atoms with Crippen molar-refractivity contribution in [3.63, 3.8) is 0 Å². The number of aromatic nitrogens is 2. The molecule has 190 valence electrons. The van der Waals surface area contributed by atoms with Gasteiger partial charge in [-0.05, 0) is 25.1 Å². The second-order valence-corrected chi connectivity index (χ2v) is 8.01. The van der Waals surface area contributed by atoms with Crippen LogP contribution in [0.2, 0.25) is 0 Å². The van der Waals surface area contributed by atoms with Gasteiger partial charge < -0.3 is 19.5 Å². The quantitative estimate of drug-likeness (QED) is 0.464. The fraction of sp³-hybridized carbons (Fsp3) is 0.455. The molecule has 13 heteroatoms. The Morgan fingerprint density at radius 3 is 2.37 bits per heavy atom. The van der Waals surface area contributed by atoms with Gasteiger partial charge in [0.2, 0.25) is 5.88 Å². The third-order valence-corrected chi connectivity index (χ3v) is 6.04. The lowest BCUT2D eigenvalue weighted by atomic mass is 9.77. The van der Waals surface area contributed by atoms with Gasteiger partial charge in [0.15, 0.2) is 5.60 Å². The minimum absolute atomic E-state index is 0.0108. The number of carbonyl (C=O) groups is 2. The number of nitrogens with zero attached hydrogens (tertiary/aromatic N) is 2. The summed E-state index contributed by atoms with van der Waals surface area (Å²) in [6, 6.07) is 4.69. The number of rotatable bonds is 6. The van der Waals surface area contributed by atoms with Crippen molar-refractivity contribution in [1.29, 1.82) is 0 Å². The molecule has 35 heavy (non-hydrogen) atoms. The standard InChI is InChI=1S/C22H22F5N3O5/c1-10-15(12-6-8-13(17(23)24)30-19(12)33-3)16(35-21(10,2)22(25,26)27)18(31)29-11-5-7-14(28-9-11)20(32)34-4/h5-10,15-17H,1-4H3,(H,29,31)/t10-,15-,16+,21-/m0/s1. The third kappa shape index (κ3) is 4.90. The topological polar surface area (TPSA) is 99.6 Å². The van der Waals surface area contributed by atoms with Crippen LogP contribution in [0, 0.1) is 5.92 Å². The number of esters is 1. The molecule has 0 unspecified atom stereocenters. The molecule has 2 aromatic rings. The lowest BCUT2D eigenvalue weighted by molar-refractivity contribution is -0.272. The average Bonchev–Trinajstić information content (AvgIpc) is 3.10. The predicted molar refractivity (Wildman–Crippen MR) is 111 cm³/mol. The van der Waals surface area contributed by atoms with Crippen LogP contribution in [0.25, 0.3) is 0 Å². The van der Waals surface area contributed by atoms with Crippen LogP contribution >= 0.6 is 0 Å². The number of carbonyl (C=O) groups excluding carboxylic acids is 2. The summed E-state index contributed by atoms with van der Waals surface area (Å²) in [5, 5.41) is 2.42. The van der Waals surface area contributed by atoms with E-state index in [4.69, 9.17) is 9.47 Å². The van der Waals surface area contributed by atoms with Gasteiger partial charge in [-0.25, -0.2) is 23.5 Å². The molecule has 0 bridgehead atoms. The molecule has 3 heterocycles. The molecule has 1 fully saturated rings. The van der Waals surface area contributed by atoms with Crippen LogP contribution in [0.15, 0.2) is 30.5 Å². The van der Waals surface area contributed by atoms with Crippen molar-refractivity contribution in [1.82, 2.24) is 9.97 Å². The van der Waals surface area contributed by atoms with Gasteiger partial charge in [-0.15, -0.1) is 0 Å². The first-order valence-corrected chi connectivity index (χ1v) is 10.3. The summed E-state index contributed by atoms with van der Waals surface area (Å²) < 4.78 is 83.1. The molecule has 2 aromatic heterocycles. The second-order valence-electron chi connectivity index (χ2n) is 8.01.